The summed E-state index contributed by atoms with van der Waals surface area (Å²) in [5.74, 6) is -0.260. The lowest BCUT2D eigenvalue weighted by atomic mass is 9.90. The van der Waals surface area contributed by atoms with Crippen molar-refractivity contribution in [2.75, 3.05) is 0 Å². The van der Waals surface area contributed by atoms with Gasteiger partial charge in [-0.15, -0.1) is 11.3 Å². The van der Waals surface area contributed by atoms with E-state index in [0.717, 1.165) is 25.0 Å². The number of amides is 2. The third kappa shape index (κ3) is 6.60. The van der Waals surface area contributed by atoms with E-state index in [9.17, 15) is 22.8 Å². The lowest BCUT2D eigenvalue weighted by Gasteiger charge is -2.32. The Labute approximate surface area is 204 Å². The van der Waals surface area contributed by atoms with Crippen molar-refractivity contribution >= 4 is 23.2 Å². The molecule has 1 fully saturated rings. The molecule has 4 rings (SSSR count). The number of nitrogens with zero attached hydrogens (tertiary/aromatic N) is 1. The van der Waals surface area contributed by atoms with Gasteiger partial charge in [0.25, 0.3) is 11.8 Å². The van der Waals surface area contributed by atoms with Gasteiger partial charge in [0.05, 0.1) is 5.56 Å². The Balaban J connectivity index is 1.36. The molecule has 1 aliphatic rings. The molecule has 35 heavy (non-hydrogen) atoms. The van der Waals surface area contributed by atoms with Crippen LogP contribution in [0, 0.1) is 0 Å². The van der Waals surface area contributed by atoms with Crippen LogP contribution in [-0.4, -0.2) is 28.9 Å². The number of para-hydroxylation sites is 1. The average molecular weight is 504 g/mol. The number of carbonyl (C=O) groups is 2. The summed E-state index contributed by atoms with van der Waals surface area (Å²) < 4.78 is 44.7. The van der Waals surface area contributed by atoms with Crippen molar-refractivity contribution in [2.45, 2.75) is 50.6 Å². The summed E-state index contributed by atoms with van der Waals surface area (Å²) in [4.78, 5) is 29.8. The molecule has 0 unspecified atom stereocenters. The van der Waals surface area contributed by atoms with Crippen molar-refractivity contribution in [2.24, 2.45) is 0 Å². The highest BCUT2D eigenvalue weighted by molar-refractivity contribution is 7.09. The predicted octanol–water partition coefficient (Wildman–Crippen LogP) is 5.21. The van der Waals surface area contributed by atoms with E-state index in [0.29, 0.717) is 23.6 Å². The lowest BCUT2D eigenvalue weighted by Crippen LogP contribution is -2.53. The minimum absolute atomic E-state index is 0.0713. The molecular formula is C25H24F3N3O3S. The van der Waals surface area contributed by atoms with E-state index in [2.05, 4.69) is 15.6 Å². The van der Waals surface area contributed by atoms with Crippen molar-refractivity contribution in [3.63, 3.8) is 0 Å². The Morgan fingerprint density at radius 1 is 0.971 bits per heavy atom. The highest BCUT2D eigenvalue weighted by atomic mass is 32.1. The molecule has 0 spiro atoms. The minimum atomic E-state index is -4.53. The first-order chi connectivity index (χ1) is 16.8. The van der Waals surface area contributed by atoms with Crippen LogP contribution in [0.3, 0.4) is 0 Å². The number of alkyl halides is 3. The fourth-order valence-electron chi connectivity index (χ4n) is 3.95. The Bertz CT molecular complexity index is 1170. The van der Waals surface area contributed by atoms with Crippen LogP contribution in [0.4, 0.5) is 13.2 Å². The summed E-state index contributed by atoms with van der Waals surface area (Å²) >= 11 is 1.31. The third-order valence-corrected chi connectivity index (χ3v) is 6.56. The van der Waals surface area contributed by atoms with Crippen molar-refractivity contribution in [3.8, 4) is 5.75 Å². The summed E-state index contributed by atoms with van der Waals surface area (Å²) in [6.45, 7) is 0.237. The van der Waals surface area contributed by atoms with Gasteiger partial charge in [-0.05, 0) is 43.2 Å². The fourth-order valence-corrected chi connectivity index (χ4v) is 4.64. The highest BCUT2D eigenvalue weighted by Gasteiger charge is 2.32. The van der Waals surface area contributed by atoms with E-state index < -0.39 is 23.7 Å². The van der Waals surface area contributed by atoms with Crippen LogP contribution < -0.4 is 15.4 Å². The molecule has 1 saturated carbocycles. The van der Waals surface area contributed by atoms with Crippen LogP contribution in [0.25, 0.3) is 0 Å². The predicted molar refractivity (Wildman–Crippen MR) is 125 cm³/mol. The summed E-state index contributed by atoms with van der Waals surface area (Å²) in [6, 6.07) is 12.8. The summed E-state index contributed by atoms with van der Waals surface area (Å²) in [5, 5.41) is 8.04. The van der Waals surface area contributed by atoms with Gasteiger partial charge < -0.3 is 15.4 Å². The number of benzene rings is 2. The van der Waals surface area contributed by atoms with Crippen LogP contribution in [0.15, 0.2) is 60.0 Å². The van der Waals surface area contributed by atoms with Crippen LogP contribution in [0.5, 0.6) is 5.75 Å². The summed E-state index contributed by atoms with van der Waals surface area (Å²) in [7, 11) is 0. The van der Waals surface area contributed by atoms with Gasteiger partial charge in [-0.2, -0.15) is 13.2 Å². The van der Waals surface area contributed by atoms with Crippen LogP contribution in [-0.2, 0) is 12.8 Å². The van der Waals surface area contributed by atoms with Gasteiger partial charge in [0.2, 0.25) is 0 Å². The van der Waals surface area contributed by atoms with Gasteiger partial charge in [-0.1, -0.05) is 37.1 Å². The van der Waals surface area contributed by atoms with Gasteiger partial charge in [-0.25, -0.2) is 4.98 Å². The number of ether oxygens (including phenoxy) is 1. The second-order valence-electron chi connectivity index (χ2n) is 8.25. The lowest BCUT2D eigenvalue weighted by molar-refractivity contribution is -0.137. The number of hydrogen-bond acceptors (Lipinski definition) is 5. The smallest absolute Gasteiger partial charge is 0.416 e. The molecule has 6 nitrogen and oxygen atoms in total. The van der Waals surface area contributed by atoms with Crippen LogP contribution in [0.1, 0.15) is 57.1 Å². The third-order valence-electron chi connectivity index (χ3n) is 5.74. The maximum absolute atomic E-state index is 13.0. The number of thiazole rings is 1. The van der Waals surface area contributed by atoms with Crippen LogP contribution in [0.2, 0.25) is 0 Å². The van der Waals surface area contributed by atoms with Crippen molar-refractivity contribution in [3.05, 3.63) is 81.8 Å². The van der Waals surface area contributed by atoms with Gasteiger partial charge in [0.15, 0.2) is 0 Å². The van der Waals surface area contributed by atoms with Crippen molar-refractivity contribution in [1.82, 2.24) is 15.6 Å². The fraction of sp³-hybridized carbons (Fsp3) is 0.320. The molecule has 0 bridgehead atoms. The molecule has 2 amide bonds. The number of aromatic nitrogens is 1. The Morgan fingerprint density at radius 2 is 1.66 bits per heavy atom. The normalized spacial score (nSPS) is 18.0. The molecule has 1 aliphatic carbocycles. The quantitative estimate of drug-likeness (QED) is 0.464. The Morgan fingerprint density at radius 3 is 2.34 bits per heavy atom. The van der Waals surface area contributed by atoms with E-state index in [4.69, 9.17) is 4.74 Å². The van der Waals surface area contributed by atoms with Crippen molar-refractivity contribution in [1.29, 1.82) is 0 Å². The standard InChI is InChI=1S/C25H24F3N3O3S/c26-25(27,28)17-8-6-7-16(13-17)23(32)30-19-11-4-5-12-20(19)31-24(33)21-15-35-22(29-21)14-34-18-9-2-1-3-10-18/h1-3,6-10,13,15,19-20H,4-5,11-12,14H2,(H,30,32)(H,31,33)/t19-,20-/m1/s1. The zero-order valence-corrected chi connectivity index (χ0v) is 19.5. The zero-order valence-electron chi connectivity index (χ0n) is 18.7. The van der Waals surface area contributed by atoms with Crippen molar-refractivity contribution < 1.29 is 27.5 Å². The molecule has 2 N–H and O–H groups in total. The Kier molecular flexibility index (Phi) is 7.70. The number of carbonyl (C=O) groups excluding carboxylic acids is 2. The molecule has 2 atom stereocenters. The minimum Gasteiger partial charge on any atom is -0.486 e. The molecule has 2 aromatic carbocycles. The highest BCUT2D eigenvalue weighted by Crippen LogP contribution is 2.29. The number of rotatable bonds is 7. The number of halogens is 3. The molecule has 0 saturated heterocycles. The maximum atomic E-state index is 13.0. The molecule has 1 heterocycles. The van der Waals surface area contributed by atoms with E-state index >= 15 is 0 Å². The first kappa shape index (κ1) is 24.7. The second kappa shape index (κ2) is 10.9. The van der Waals surface area contributed by atoms with Gasteiger partial charge in [0, 0.05) is 23.0 Å². The largest absolute Gasteiger partial charge is 0.486 e. The van der Waals surface area contributed by atoms with E-state index in [1.54, 1.807) is 5.38 Å². The molecular weight excluding hydrogens is 479 g/mol. The molecule has 0 radical (unpaired) electrons. The molecule has 10 heteroatoms. The molecule has 1 aromatic heterocycles. The monoisotopic (exact) mass is 503 g/mol. The van der Waals surface area contributed by atoms with E-state index in [-0.39, 0.29) is 29.8 Å². The molecule has 184 valence electrons. The first-order valence-corrected chi connectivity index (χ1v) is 12.1. The topological polar surface area (TPSA) is 80.3 Å². The second-order valence-corrected chi connectivity index (χ2v) is 9.19. The zero-order chi connectivity index (χ0) is 24.8. The number of nitrogens with one attached hydrogen (secondary N) is 2. The van der Waals surface area contributed by atoms with Gasteiger partial charge in [-0.3, -0.25) is 9.59 Å². The number of hydrogen-bond donors (Lipinski definition) is 2. The van der Waals surface area contributed by atoms with E-state index in [1.165, 1.54) is 23.5 Å². The molecule has 0 aliphatic heterocycles. The molecule has 3 aromatic rings. The van der Waals surface area contributed by atoms with E-state index in [1.807, 2.05) is 30.3 Å². The van der Waals surface area contributed by atoms with Crippen LogP contribution >= 0.6 is 11.3 Å². The first-order valence-electron chi connectivity index (χ1n) is 11.2. The summed E-state index contributed by atoms with van der Waals surface area (Å²) in [5.41, 5.74) is -0.692. The Hall–Kier alpha value is -3.40. The average Bonchev–Trinajstić information content (AvgIpc) is 3.33. The van der Waals surface area contributed by atoms with Gasteiger partial charge in [0.1, 0.15) is 23.1 Å². The maximum Gasteiger partial charge on any atom is 0.416 e. The summed E-state index contributed by atoms with van der Waals surface area (Å²) in [6.07, 6.45) is -1.56. The van der Waals surface area contributed by atoms with Gasteiger partial charge >= 0.3 is 6.18 Å². The SMILES string of the molecule is O=C(N[C@@H]1CCCC[C@H]1NC(=O)c1csc(COc2ccccc2)n1)c1cccc(C(F)(F)F)c1.